The number of nitrogens with one attached hydrogen (secondary N) is 2. The number of nitrogens with zero attached hydrogens (tertiary/aromatic N) is 3. The van der Waals surface area contributed by atoms with E-state index < -0.39 is 0 Å². The van der Waals surface area contributed by atoms with Gasteiger partial charge in [0.15, 0.2) is 0 Å². The van der Waals surface area contributed by atoms with Gasteiger partial charge < -0.3 is 20.4 Å². The van der Waals surface area contributed by atoms with Gasteiger partial charge in [0, 0.05) is 63.4 Å². The van der Waals surface area contributed by atoms with E-state index in [0.717, 1.165) is 30.0 Å². The molecule has 0 atom stereocenters. The monoisotopic (exact) mass is 353 g/mol. The summed E-state index contributed by atoms with van der Waals surface area (Å²) in [5.41, 5.74) is 2.81. The lowest BCUT2D eigenvalue weighted by atomic mass is 10.2. The van der Waals surface area contributed by atoms with E-state index in [1.165, 1.54) is 6.92 Å². The summed E-state index contributed by atoms with van der Waals surface area (Å²) in [5, 5.41) is 5.73. The molecule has 0 spiro atoms. The van der Waals surface area contributed by atoms with Crippen LogP contribution in [0, 0.1) is 0 Å². The summed E-state index contributed by atoms with van der Waals surface area (Å²) < 4.78 is 0. The molecule has 0 saturated carbocycles. The molecule has 136 valence electrons. The summed E-state index contributed by atoms with van der Waals surface area (Å²) in [5.74, 6) is -0.0859. The largest absolute Gasteiger partial charge is 0.368 e. The Morgan fingerprint density at radius 1 is 1.12 bits per heavy atom. The topological polar surface area (TPSA) is 77.6 Å². The standard InChI is InChI=1S/C19H23N5O2/c1-15(25)22-17-5-2-6-18(12-17)23-8-10-24(11-9-23)19(26)21-14-16-4-3-7-20-13-16/h2-7,12-13H,8-11,14H2,1H3,(H,21,26)(H,22,25). The van der Waals surface area contributed by atoms with Crippen molar-refractivity contribution < 1.29 is 9.59 Å². The number of hydrogen-bond donors (Lipinski definition) is 2. The number of carbonyl (C=O) groups is 2. The first kappa shape index (κ1) is 17.7. The summed E-state index contributed by atoms with van der Waals surface area (Å²) in [6, 6.07) is 11.5. The van der Waals surface area contributed by atoms with E-state index in [-0.39, 0.29) is 11.9 Å². The lowest BCUT2D eigenvalue weighted by Crippen LogP contribution is -2.51. The Morgan fingerprint density at radius 2 is 1.92 bits per heavy atom. The minimum Gasteiger partial charge on any atom is -0.368 e. The highest BCUT2D eigenvalue weighted by atomic mass is 16.2. The molecule has 1 aliphatic heterocycles. The molecule has 0 radical (unpaired) electrons. The van der Waals surface area contributed by atoms with Crippen molar-refractivity contribution in [3.05, 3.63) is 54.4 Å². The Balaban J connectivity index is 1.51. The van der Waals surface area contributed by atoms with Crippen molar-refractivity contribution in [2.75, 3.05) is 36.4 Å². The molecular weight excluding hydrogens is 330 g/mol. The summed E-state index contributed by atoms with van der Waals surface area (Å²) in [7, 11) is 0. The minimum atomic E-state index is -0.0859. The van der Waals surface area contributed by atoms with Crippen LogP contribution in [0.3, 0.4) is 0 Å². The van der Waals surface area contributed by atoms with E-state index >= 15 is 0 Å². The molecule has 3 rings (SSSR count). The lowest BCUT2D eigenvalue weighted by molar-refractivity contribution is -0.114. The van der Waals surface area contributed by atoms with Gasteiger partial charge in [-0.1, -0.05) is 12.1 Å². The van der Waals surface area contributed by atoms with Gasteiger partial charge in [0.1, 0.15) is 0 Å². The quantitative estimate of drug-likeness (QED) is 0.882. The maximum absolute atomic E-state index is 12.3. The molecule has 0 bridgehead atoms. The number of anilines is 2. The van der Waals surface area contributed by atoms with Crippen molar-refractivity contribution in [3.63, 3.8) is 0 Å². The molecule has 3 amide bonds. The molecule has 0 aliphatic carbocycles. The summed E-state index contributed by atoms with van der Waals surface area (Å²) in [6.45, 7) is 4.79. The first-order valence-electron chi connectivity index (χ1n) is 8.66. The molecule has 2 N–H and O–H groups in total. The summed E-state index contributed by atoms with van der Waals surface area (Å²) in [6.07, 6.45) is 3.46. The van der Waals surface area contributed by atoms with Crippen LogP contribution in [0.5, 0.6) is 0 Å². The molecule has 1 saturated heterocycles. The number of pyridine rings is 1. The lowest BCUT2D eigenvalue weighted by Gasteiger charge is -2.36. The number of carbonyl (C=O) groups excluding carboxylic acids is 2. The number of amides is 3. The van der Waals surface area contributed by atoms with E-state index in [1.54, 1.807) is 12.4 Å². The number of urea groups is 1. The van der Waals surface area contributed by atoms with Crippen LogP contribution in [0.2, 0.25) is 0 Å². The number of aromatic nitrogens is 1. The van der Waals surface area contributed by atoms with Crippen molar-refractivity contribution in [1.82, 2.24) is 15.2 Å². The van der Waals surface area contributed by atoms with Gasteiger partial charge in [-0.3, -0.25) is 9.78 Å². The van der Waals surface area contributed by atoms with Crippen LogP contribution in [0.1, 0.15) is 12.5 Å². The zero-order chi connectivity index (χ0) is 18.4. The molecule has 0 unspecified atom stereocenters. The maximum Gasteiger partial charge on any atom is 0.317 e. The second-order valence-electron chi connectivity index (χ2n) is 6.23. The smallest absolute Gasteiger partial charge is 0.317 e. The fourth-order valence-electron chi connectivity index (χ4n) is 2.94. The Labute approximate surface area is 153 Å². The molecule has 1 aromatic carbocycles. The fourth-order valence-corrected chi connectivity index (χ4v) is 2.94. The van der Waals surface area contributed by atoms with Crippen molar-refractivity contribution >= 4 is 23.3 Å². The Morgan fingerprint density at radius 3 is 2.62 bits per heavy atom. The Kier molecular flexibility index (Phi) is 5.68. The van der Waals surface area contributed by atoms with Gasteiger partial charge in [-0.25, -0.2) is 4.79 Å². The number of piperazine rings is 1. The molecule has 26 heavy (non-hydrogen) atoms. The molecule has 2 heterocycles. The van der Waals surface area contributed by atoms with Gasteiger partial charge in [-0.15, -0.1) is 0 Å². The van der Waals surface area contributed by atoms with Gasteiger partial charge in [0.05, 0.1) is 0 Å². The highest BCUT2D eigenvalue weighted by Crippen LogP contribution is 2.21. The molecule has 7 nitrogen and oxygen atoms in total. The number of benzene rings is 1. The van der Waals surface area contributed by atoms with Crippen molar-refractivity contribution in [2.45, 2.75) is 13.5 Å². The van der Waals surface area contributed by atoms with E-state index in [9.17, 15) is 9.59 Å². The Bertz CT molecular complexity index is 758. The second kappa shape index (κ2) is 8.33. The fraction of sp³-hybridized carbons (Fsp3) is 0.316. The third kappa shape index (κ3) is 4.72. The van der Waals surface area contributed by atoms with Gasteiger partial charge in [-0.2, -0.15) is 0 Å². The van der Waals surface area contributed by atoms with Gasteiger partial charge in [-0.05, 0) is 29.8 Å². The molecule has 2 aromatic rings. The molecule has 7 heteroatoms. The molecule has 1 fully saturated rings. The second-order valence-corrected chi connectivity index (χ2v) is 6.23. The van der Waals surface area contributed by atoms with Crippen LogP contribution < -0.4 is 15.5 Å². The van der Waals surface area contributed by atoms with E-state index in [2.05, 4.69) is 20.5 Å². The number of rotatable bonds is 4. The average Bonchev–Trinajstić information content (AvgIpc) is 2.67. The molecular formula is C19H23N5O2. The van der Waals surface area contributed by atoms with Crippen LogP contribution in [-0.4, -0.2) is 48.0 Å². The SMILES string of the molecule is CC(=O)Nc1cccc(N2CCN(C(=O)NCc3cccnc3)CC2)c1. The summed E-state index contributed by atoms with van der Waals surface area (Å²) in [4.78, 5) is 31.6. The first-order chi connectivity index (χ1) is 12.6. The highest BCUT2D eigenvalue weighted by Gasteiger charge is 2.21. The van der Waals surface area contributed by atoms with Gasteiger partial charge >= 0.3 is 6.03 Å². The Hall–Kier alpha value is -3.09. The van der Waals surface area contributed by atoms with Crippen molar-refractivity contribution in [1.29, 1.82) is 0 Å². The normalized spacial score (nSPS) is 14.0. The van der Waals surface area contributed by atoms with E-state index in [1.807, 2.05) is 41.3 Å². The van der Waals surface area contributed by atoms with Crippen molar-refractivity contribution in [3.8, 4) is 0 Å². The van der Waals surface area contributed by atoms with E-state index in [4.69, 9.17) is 0 Å². The minimum absolute atomic E-state index is 0.0551. The predicted octanol–water partition coefficient (Wildman–Crippen LogP) is 2.07. The zero-order valence-corrected chi connectivity index (χ0v) is 14.8. The maximum atomic E-state index is 12.3. The zero-order valence-electron chi connectivity index (χ0n) is 14.8. The third-order valence-electron chi connectivity index (χ3n) is 4.27. The van der Waals surface area contributed by atoms with Crippen LogP contribution in [-0.2, 0) is 11.3 Å². The van der Waals surface area contributed by atoms with Crippen LogP contribution in [0.25, 0.3) is 0 Å². The van der Waals surface area contributed by atoms with Crippen LogP contribution in [0.15, 0.2) is 48.8 Å². The predicted molar refractivity (Wildman–Crippen MR) is 101 cm³/mol. The van der Waals surface area contributed by atoms with E-state index in [0.29, 0.717) is 19.6 Å². The van der Waals surface area contributed by atoms with Crippen molar-refractivity contribution in [2.24, 2.45) is 0 Å². The van der Waals surface area contributed by atoms with Gasteiger partial charge in [0.2, 0.25) is 5.91 Å². The highest BCUT2D eigenvalue weighted by molar-refractivity contribution is 5.89. The van der Waals surface area contributed by atoms with Gasteiger partial charge in [0.25, 0.3) is 0 Å². The summed E-state index contributed by atoms with van der Waals surface area (Å²) >= 11 is 0. The number of hydrogen-bond acceptors (Lipinski definition) is 4. The van der Waals surface area contributed by atoms with Crippen LogP contribution >= 0.6 is 0 Å². The molecule has 1 aliphatic rings. The average molecular weight is 353 g/mol. The molecule has 1 aromatic heterocycles. The third-order valence-corrected chi connectivity index (χ3v) is 4.27. The first-order valence-corrected chi connectivity index (χ1v) is 8.66. The van der Waals surface area contributed by atoms with Crippen LogP contribution in [0.4, 0.5) is 16.2 Å².